The van der Waals surface area contributed by atoms with Crippen molar-refractivity contribution in [1.29, 1.82) is 0 Å². The summed E-state index contributed by atoms with van der Waals surface area (Å²) in [5.74, 6) is 0.0157. The van der Waals surface area contributed by atoms with Crippen LogP contribution in [0.4, 0.5) is 8.78 Å². The van der Waals surface area contributed by atoms with Crippen LogP contribution in [0.15, 0.2) is 18.2 Å². The predicted molar refractivity (Wildman–Crippen MR) is 74.4 cm³/mol. The van der Waals surface area contributed by atoms with E-state index >= 15 is 0 Å². The highest BCUT2D eigenvalue weighted by molar-refractivity contribution is 5.94. The SMILES string of the molecule is Cc1cc(C(=O)NCC(F)F)cc(C2CCNCC2)c1. The second-order valence-electron chi connectivity index (χ2n) is 5.26. The van der Waals surface area contributed by atoms with Gasteiger partial charge in [0.2, 0.25) is 0 Å². The molecule has 1 fully saturated rings. The third kappa shape index (κ3) is 4.00. The molecule has 0 spiro atoms. The number of aryl methyl sites for hydroxylation is 1. The highest BCUT2D eigenvalue weighted by Gasteiger charge is 2.17. The summed E-state index contributed by atoms with van der Waals surface area (Å²) >= 11 is 0. The third-order valence-corrected chi connectivity index (χ3v) is 3.59. The van der Waals surface area contributed by atoms with Gasteiger partial charge in [-0.15, -0.1) is 0 Å². The topological polar surface area (TPSA) is 41.1 Å². The van der Waals surface area contributed by atoms with Crippen molar-refractivity contribution in [3.63, 3.8) is 0 Å². The van der Waals surface area contributed by atoms with E-state index in [-0.39, 0.29) is 0 Å². The lowest BCUT2D eigenvalue weighted by Crippen LogP contribution is -2.29. The van der Waals surface area contributed by atoms with Crippen LogP contribution < -0.4 is 10.6 Å². The van der Waals surface area contributed by atoms with E-state index in [1.807, 2.05) is 13.0 Å². The summed E-state index contributed by atoms with van der Waals surface area (Å²) in [7, 11) is 0. The minimum atomic E-state index is -2.52. The summed E-state index contributed by atoms with van der Waals surface area (Å²) in [6, 6.07) is 5.66. The number of carbonyl (C=O) groups excluding carboxylic acids is 1. The number of benzene rings is 1. The summed E-state index contributed by atoms with van der Waals surface area (Å²) in [5.41, 5.74) is 2.59. The summed E-state index contributed by atoms with van der Waals surface area (Å²) < 4.78 is 24.3. The molecule has 1 aliphatic heterocycles. The van der Waals surface area contributed by atoms with Crippen molar-refractivity contribution in [3.8, 4) is 0 Å². The number of piperidine rings is 1. The van der Waals surface area contributed by atoms with Gasteiger partial charge in [-0.25, -0.2) is 8.78 Å². The fourth-order valence-corrected chi connectivity index (χ4v) is 2.61. The molecule has 0 unspecified atom stereocenters. The second kappa shape index (κ2) is 6.79. The zero-order chi connectivity index (χ0) is 14.5. The molecule has 0 saturated carbocycles. The molecule has 1 amide bonds. The van der Waals surface area contributed by atoms with E-state index in [2.05, 4.69) is 16.7 Å². The number of halogens is 2. The van der Waals surface area contributed by atoms with E-state index < -0.39 is 18.9 Å². The van der Waals surface area contributed by atoms with Crippen LogP contribution in [0.3, 0.4) is 0 Å². The van der Waals surface area contributed by atoms with Crippen molar-refractivity contribution >= 4 is 5.91 Å². The summed E-state index contributed by atoms with van der Waals surface area (Å²) in [5, 5.41) is 5.56. The third-order valence-electron chi connectivity index (χ3n) is 3.59. The average molecular weight is 282 g/mol. The van der Waals surface area contributed by atoms with Gasteiger partial charge in [0.15, 0.2) is 0 Å². The van der Waals surface area contributed by atoms with Gasteiger partial charge in [0.05, 0.1) is 6.54 Å². The van der Waals surface area contributed by atoms with Gasteiger partial charge in [0.1, 0.15) is 0 Å². The molecule has 0 aliphatic carbocycles. The maximum Gasteiger partial charge on any atom is 0.255 e. The molecule has 1 aromatic carbocycles. The minimum Gasteiger partial charge on any atom is -0.346 e. The van der Waals surface area contributed by atoms with Crippen LogP contribution in [0.1, 0.15) is 40.2 Å². The molecule has 20 heavy (non-hydrogen) atoms. The Bertz CT molecular complexity index is 471. The first-order valence-corrected chi connectivity index (χ1v) is 6.95. The van der Waals surface area contributed by atoms with E-state index in [1.165, 1.54) is 0 Å². The van der Waals surface area contributed by atoms with Gasteiger partial charge in [-0.3, -0.25) is 4.79 Å². The first-order chi connectivity index (χ1) is 9.56. The fraction of sp³-hybridized carbons (Fsp3) is 0.533. The molecule has 1 aliphatic rings. The molecular formula is C15H20F2N2O. The summed E-state index contributed by atoms with van der Waals surface area (Å²) in [6.07, 6.45) is -0.434. The Labute approximate surface area is 117 Å². The molecule has 5 heteroatoms. The van der Waals surface area contributed by atoms with Crippen LogP contribution in [0.2, 0.25) is 0 Å². The smallest absolute Gasteiger partial charge is 0.255 e. The number of carbonyl (C=O) groups is 1. The van der Waals surface area contributed by atoms with Crippen molar-refractivity contribution in [2.24, 2.45) is 0 Å². The van der Waals surface area contributed by atoms with Gasteiger partial charge in [0, 0.05) is 5.56 Å². The van der Waals surface area contributed by atoms with Crippen molar-refractivity contribution in [2.75, 3.05) is 19.6 Å². The van der Waals surface area contributed by atoms with Gasteiger partial charge >= 0.3 is 0 Å². The standard InChI is InChI=1S/C15H20F2N2O/c1-10-6-12(11-2-4-18-5-3-11)8-13(7-10)15(20)19-9-14(16)17/h6-8,11,14,18H,2-5,9H2,1H3,(H,19,20). The van der Waals surface area contributed by atoms with Crippen molar-refractivity contribution < 1.29 is 13.6 Å². The molecule has 0 bridgehead atoms. The maximum absolute atomic E-state index is 12.1. The van der Waals surface area contributed by atoms with Crippen molar-refractivity contribution in [1.82, 2.24) is 10.6 Å². The van der Waals surface area contributed by atoms with Gasteiger partial charge in [-0.05, 0) is 56.5 Å². The molecule has 0 aromatic heterocycles. The van der Waals surface area contributed by atoms with E-state index in [9.17, 15) is 13.6 Å². The molecule has 1 heterocycles. The largest absolute Gasteiger partial charge is 0.346 e. The number of hydrogen-bond acceptors (Lipinski definition) is 2. The zero-order valence-electron chi connectivity index (χ0n) is 11.6. The summed E-state index contributed by atoms with van der Waals surface area (Å²) in [4.78, 5) is 11.9. The van der Waals surface area contributed by atoms with Gasteiger partial charge < -0.3 is 10.6 Å². The minimum absolute atomic E-state index is 0.427. The molecular weight excluding hydrogens is 262 g/mol. The molecule has 1 saturated heterocycles. The summed E-state index contributed by atoms with van der Waals surface area (Å²) in [6.45, 7) is 3.28. The molecule has 2 N–H and O–H groups in total. The molecule has 1 aromatic rings. The fourth-order valence-electron chi connectivity index (χ4n) is 2.61. The molecule has 0 radical (unpaired) electrons. The number of nitrogens with one attached hydrogen (secondary N) is 2. The molecule has 0 atom stereocenters. The van der Waals surface area contributed by atoms with E-state index in [0.29, 0.717) is 11.5 Å². The molecule has 2 rings (SSSR count). The lowest BCUT2D eigenvalue weighted by atomic mass is 9.88. The van der Waals surface area contributed by atoms with Crippen LogP contribution in [0.25, 0.3) is 0 Å². The van der Waals surface area contributed by atoms with Crippen LogP contribution in [0, 0.1) is 6.92 Å². The average Bonchev–Trinajstić information content (AvgIpc) is 2.45. The maximum atomic E-state index is 12.1. The molecule has 3 nitrogen and oxygen atoms in total. The quantitative estimate of drug-likeness (QED) is 0.890. The van der Waals surface area contributed by atoms with Crippen LogP contribution in [-0.2, 0) is 0 Å². The molecule has 110 valence electrons. The Balaban J connectivity index is 2.13. The Kier molecular flexibility index (Phi) is 5.06. The lowest BCUT2D eigenvalue weighted by molar-refractivity contribution is 0.0891. The zero-order valence-corrected chi connectivity index (χ0v) is 11.6. The highest BCUT2D eigenvalue weighted by Crippen LogP contribution is 2.26. The monoisotopic (exact) mass is 282 g/mol. The number of rotatable bonds is 4. The van der Waals surface area contributed by atoms with E-state index in [4.69, 9.17) is 0 Å². The second-order valence-corrected chi connectivity index (χ2v) is 5.26. The van der Waals surface area contributed by atoms with Crippen molar-refractivity contribution in [2.45, 2.75) is 32.1 Å². The van der Waals surface area contributed by atoms with Crippen molar-refractivity contribution in [3.05, 3.63) is 34.9 Å². The number of hydrogen-bond donors (Lipinski definition) is 2. The normalized spacial score (nSPS) is 16.4. The number of alkyl halides is 2. The van der Waals surface area contributed by atoms with E-state index in [0.717, 1.165) is 37.1 Å². The van der Waals surface area contributed by atoms with Crippen LogP contribution in [-0.4, -0.2) is 32.0 Å². The first kappa shape index (κ1) is 14.9. The van der Waals surface area contributed by atoms with Crippen LogP contribution in [0.5, 0.6) is 0 Å². The predicted octanol–water partition coefficient (Wildman–Crippen LogP) is 2.46. The van der Waals surface area contributed by atoms with Gasteiger partial charge in [0.25, 0.3) is 12.3 Å². The van der Waals surface area contributed by atoms with Crippen LogP contribution >= 0.6 is 0 Å². The first-order valence-electron chi connectivity index (χ1n) is 6.95. The Morgan fingerprint density at radius 2 is 2.05 bits per heavy atom. The van der Waals surface area contributed by atoms with Gasteiger partial charge in [-0.2, -0.15) is 0 Å². The highest BCUT2D eigenvalue weighted by atomic mass is 19.3. The Hall–Kier alpha value is -1.49. The Morgan fingerprint density at radius 3 is 2.70 bits per heavy atom. The number of amides is 1. The van der Waals surface area contributed by atoms with E-state index in [1.54, 1.807) is 6.07 Å². The lowest BCUT2D eigenvalue weighted by Gasteiger charge is -2.23. The van der Waals surface area contributed by atoms with Gasteiger partial charge in [-0.1, -0.05) is 11.6 Å². The Morgan fingerprint density at radius 1 is 1.35 bits per heavy atom.